The fourth-order valence-electron chi connectivity index (χ4n) is 0.485. The number of ether oxygens (including phenoxy) is 1. The van der Waals surface area contributed by atoms with Crippen LogP contribution in [0.15, 0.2) is 6.08 Å². The maximum Gasteiger partial charge on any atom is 0.309 e. The number of carbonyl (C=O) groups is 1. The molecule has 0 unspecified atom stereocenters. The first-order valence-corrected chi connectivity index (χ1v) is 3.50. The van der Waals surface area contributed by atoms with E-state index in [0.29, 0.717) is 6.61 Å². The van der Waals surface area contributed by atoms with Crippen molar-refractivity contribution in [3.8, 4) is 0 Å². The molecule has 2 heteroatoms. The topological polar surface area (TPSA) is 26.3 Å². The highest BCUT2D eigenvalue weighted by Gasteiger charge is 1.96. The molecule has 0 aromatic rings. The number of rotatable bonds is 5. The Bertz CT molecular complexity index is 108. The summed E-state index contributed by atoms with van der Waals surface area (Å²) in [5.74, 6) is -0.240. The molecule has 0 saturated carbocycles. The van der Waals surface area contributed by atoms with Gasteiger partial charge in [0.25, 0.3) is 0 Å². The molecule has 0 fully saturated rings. The van der Waals surface area contributed by atoms with Gasteiger partial charge in [-0.05, 0) is 6.42 Å². The highest BCUT2D eigenvalue weighted by atomic mass is 16.5. The van der Waals surface area contributed by atoms with E-state index in [4.69, 9.17) is 11.3 Å². The molecule has 0 aromatic carbocycles. The van der Waals surface area contributed by atoms with Crippen LogP contribution in [0.25, 0.3) is 0 Å². The molecule has 0 aliphatic carbocycles. The monoisotopic (exact) mass is 141 g/mol. The first kappa shape index (κ1) is 9.21. The second kappa shape index (κ2) is 6.33. The van der Waals surface area contributed by atoms with Crippen molar-refractivity contribution in [2.24, 2.45) is 0 Å². The van der Waals surface area contributed by atoms with Gasteiger partial charge < -0.3 is 4.74 Å². The summed E-state index contributed by atoms with van der Waals surface area (Å²) in [4.78, 5) is 10.6. The molecule has 0 amide bonds. The van der Waals surface area contributed by atoms with E-state index in [0.717, 1.165) is 12.8 Å². The van der Waals surface area contributed by atoms with Crippen LogP contribution >= 0.6 is 0 Å². The summed E-state index contributed by atoms with van der Waals surface area (Å²) in [5, 5.41) is 0. The third-order valence-corrected chi connectivity index (χ3v) is 1.05. The van der Waals surface area contributed by atoms with E-state index in [1.807, 2.05) is 6.92 Å². The van der Waals surface area contributed by atoms with E-state index in [-0.39, 0.29) is 12.4 Å². The molecule has 0 bridgehead atoms. The van der Waals surface area contributed by atoms with Crippen molar-refractivity contribution in [3.63, 3.8) is 0 Å². The van der Waals surface area contributed by atoms with Crippen LogP contribution in [0.3, 0.4) is 0 Å². The van der Waals surface area contributed by atoms with Crippen molar-refractivity contribution in [1.82, 2.24) is 0 Å². The van der Waals surface area contributed by atoms with Gasteiger partial charge in [0.1, 0.15) is 0 Å². The summed E-state index contributed by atoms with van der Waals surface area (Å²) in [7, 11) is 0. The maximum atomic E-state index is 10.6. The van der Waals surface area contributed by atoms with Crippen molar-refractivity contribution < 1.29 is 9.53 Å². The molecule has 1 radical (unpaired) electrons. The van der Waals surface area contributed by atoms with Gasteiger partial charge in [0.15, 0.2) is 0 Å². The van der Waals surface area contributed by atoms with Gasteiger partial charge in [-0.15, -0.1) is 0 Å². The predicted molar refractivity (Wildman–Crippen MR) is 39.4 cm³/mol. The van der Waals surface area contributed by atoms with Crippen LogP contribution in [0.1, 0.15) is 26.2 Å². The largest absolute Gasteiger partial charge is 0.465 e. The Hall–Kier alpha value is -0.790. The minimum absolute atomic E-state index is 0.212. The molecule has 0 spiro atoms. The lowest BCUT2D eigenvalue weighted by atomic mass is 10.3. The summed E-state index contributed by atoms with van der Waals surface area (Å²) in [6.07, 6.45) is 3.48. The lowest BCUT2D eigenvalue weighted by molar-refractivity contribution is -0.142. The van der Waals surface area contributed by atoms with E-state index in [1.165, 1.54) is 6.08 Å². The fraction of sp³-hybridized carbons (Fsp3) is 0.625. The lowest BCUT2D eigenvalue weighted by Gasteiger charge is -1.99. The number of hydrogen-bond acceptors (Lipinski definition) is 2. The van der Waals surface area contributed by atoms with E-state index in [9.17, 15) is 4.79 Å². The van der Waals surface area contributed by atoms with Crippen molar-refractivity contribution in [2.45, 2.75) is 26.2 Å². The van der Waals surface area contributed by atoms with Crippen molar-refractivity contribution >= 4 is 5.97 Å². The molecule has 0 heterocycles. The van der Waals surface area contributed by atoms with Crippen LogP contribution in [-0.4, -0.2) is 12.6 Å². The smallest absolute Gasteiger partial charge is 0.309 e. The third kappa shape index (κ3) is 5.35. The average molecular weight is 141 g/mol. The minimum atomic E-state index is -0.240. The number of carbonyl (C=O) groups excluding carboxylic acids is 1. The second-order valence-electron chi connectivity index (χ2n) is 2.01. The van der Waals surface area contributed by atoms with Crippen LogP contribution in [0.2, 0.25) is 0 Å². The van der Waals surface area contributed by atoms with Crippen molar-refractivity contribution in [3.05, 3.63) is 12.7 Å². The molecular formula is C8H13O2. The van der Waals surface area contributed by atoms with Crippen molar-refractivity contribution in [1.29, 1.82) is 0 Å². The second-order valence-corrected chi connectivity index (χ2v) is 2.01. The van der Waals surface area contributed by atoms with Crippen LogP contribution in [0, 0.1) is 6.58 Å². The SMILES string of the molecule is [CH]=CCC(=O)OCCCC. The summed E-state index contributed by atoms with van der Waals surface area (Å²) in [5.41, 5.74) is 0. The molecule has 0 aliphatic rings. The van der Waals surface area contributed by atoms with Crippen LogP contribution in [-0.2, 0) is 9.53 Å². The van der Waals surface area contributed by atoms with Gasteiger partial charge in [0.2, 0.25) is 0 Å². The zero-order valence-corrected chi connectivity index (χ0v) is 6.30. The highest BCUT2D eigenvalue weighted by Crippen LogP contribution is 1.91. The fourth-order valence-corrected chi connectivity index (χ4v) is 0.485. The molecule has 2 nitrogen and oxygen atoms in total. The van der Waals surface area contributed by atoms with E-state index in [1.54, 1.807) is 0 Å². The van der Waals surface area contributed by atoms with Crippen LogP contribution in [0.5, 0.6) is 0 Å². The standard InChI is InChI=1S/C8H13O2/c1-3-5-7-10-8(9)6-4-2/h2,4H,3,5-7H2,1H3. The van der Waals surface area contributed by atoms with E-state index in [2.05, 4.69) is 0 Å². The molecule has 0 rings (SSSR count). The van der Waals surface area contributed by atoms with Gasteiger partial charge in [0, 0.05) is 0 Å². The number of unbranched alkanes of at least 4 members (excludes halogenated alkanes) is 1. The van der Waals surface area contributed by atoms with Gasteiger partial charge in [-0.25, -0.2) is 0 Å². The molecule has 0 saturated heterocycles. The Morgan fingerprint density at radius 1 is 1.70 bits per heavy atom. The minimum Gasteiger partial charge on any atom is -0.465 e. The molecular weight excluding hydrogens is 128 g/mol. The Balaban J connectivity index is 3.13. The molecule has 10 heavy (non-hydrogen) atoms. The first-order chi connectivity index (χ1) is 4.81. The van der Waals surface area contributed by atoms with Gasteiger partial charge in [-0.1, -0.05) is 26.0 Å². The normalized spacial score (nSPS) is 8.90. The van der Waals surface area contributed by atoms with Gasteiger partial charge in [0.05, 0.1) is 13.0 Å². The summed E-state index contributed by atoms with van der Waals surface area (Å²) < 4.78 is 4.77. The lowest BCUT2D eigenvalue weighted by Crippen LogP contribution is -2.03. The maximum absolute atomic E-state index is 10.6. The van der Waals surface area contributed by atoms with E-state index < -0.39 is 0 Å². The van der Waals surface area contributed by atoms with Crippen LogP contribution < -0.4 is 0 Å². The third-order valence-electron chi connectivity index (χ3n) is 1.05. The average Bonchev–Trinajstić information content (AvgIpc) is 1.89. The van der Waals surface area contributed by atoms with Gasteiger partial charge in [-0.3, -0.25) is 4.79 Å². The molecule has 0 N–H and O–H groups in total. The zero-order chi connectivity index (χ0) is 7.82. The number of esters is 1. The molecule has 0 aromatic heterocycles. The Kier molecular flexibility index (Phi) is 5.83. The predicted octanol–water partition coefficient (Wildman–Crippen LogP) is 1.71. The number of hydrogen-bond donors (Lipinski definition) is 0. The Morgan fingerprint density at radius 2 is 2.40 bits per heavy atom. The van der Waals surface area contributed by atoms with Gasteiger partial charge >= 0.3 is 5.97 Å². The zero-order valence-electron chi connectivity index (χ0n) is 6.30. The Morgan fingerprint density at radius 3 is 2.90 bits per heavy atom. The van der Waals surface area contributed by atoms with Gasteiger partial charge in [-0.2, -0.15) is 0 Å². The quantitative estimate of drug-likeness (QED) is 0.430. The van der Waals surface area contributed by atoms with E-state index >= 15 is 0 Å². The molecule has 0 aliphatic heterocycles. The summed E-state index contributed by atoms with van der Waals surface area (Å²) >= 11 is 0. The van der Waals surface area contributed by atoms with Crippen LogP contribution in [0.4, 0.5) is 0 Å². The Labute approximate surface area is 61.9 Å². The highest BCUT2D eigenvalue weighted by molar-refractivity contribution is 5.70. The summed E-state index contributed by atoms with van der Waals surface area (Å²) in [6, 6.07) is 0. The van der Waals surface area contributed by atoms with Crippen molar-refractivity contribution in [2.75, 3.05) is 6.61 Å². The summed E-state index contributed by atoms with van der Waals surface area (Å²) in [6.45, 7) is 7.57. The molecule has 0 atom stereocenters. The molecule has 57 valence electrons. The first-order valence-electron chi connectivity index (χ1n) is 3.50.